The van der Waals surface area contributed by atoms with Gasteiger partial charge in [0.2, 0.25) is 0 Å². The van der Waals surface area contributed by atoms with Gasteiger partial charge in [0.1, 0.15) is 11.6 Å². The summed E-state index contributed by atoms with van der Waals surface area (Å²) in [6.45, 7) is 9.73. The fraction of sp³-hybridized carbons (Fsp3) is 0.321. The number of halogens is 1. The molecule has 3 aromatic heterocycles. The van der Waals surface area contributed by atoms with Crippen LogP contribution in [0, 0.1) is 5.82 Å². The minimum absolute atomic E-state index is 0.241. The summed E-state index contributed by atoms with van der Waals surface area (Å²) in [5, 5.41) is 3.66. The number of ether oxygens (including phenoxy) is 1. The van der Waals surface area contributed by atoms with Crippen molar-refractivity contribution in [3.8, 4) is 11.3 Å². The Hall–Kier alpha value is -3.78. The largest absolute Gasteiger partial charge is 0.377 e. The molecule has 0 aliphatic carbocycles. The van der Waals surface area contributed by atoms with Crippen LogP contribution in [-0.4, -0.2) is 40.2 Å². The third-order valence-corrected chi connectivity index (χ3v) is 6.64. The zero-order chi connectivity index (χ0) is 25.4. The number of aromatic amines is 1. The minimum atomic E-state index is -0.363. The third-order valence-electron chi connectivity index (χ3n) is 6.64. The lowest BCUT2D eigenvalue weighted by molar-refractivity contribution is 0.0756. The van der Waals surface area contributed by atoms with E-state index in [1.807, 2.05) is 24.4 Å². The zero-order valence-corrected chi connectivity index (χ0v) is 20.9. The van der Waals surface area contributed by atoms with Crippen LogP contribution in [0.25, 0.3) is 22.2 Å². The number of fused-ring (bicyclic) bond motifs is 1. The number of anilines is 3. The maximum absolute atomic E-state index is 14.9. The Morgan fingerprint density at radius 2 is 1.89 bits per heavy atom. The lowest BCUT2D eigenvalue weighted by atomic mass is 9.98. The highest BCUT2D eigenvalue weighted by Crippen LogP contribution is 2.32. The van der Waals surface area contributed by atoms with Crippen LogP contribution in [0.2, 0.25) is 0 Å². The van der Waals surface area contributed by atoms with Crippen LogP contribution in [0.3, 0.4) is 0 Å². The van der Waals surface area contributed by atoms with Crippen molar-refractivity contribution in [2.75, 3.05) is 23.4 Å². The Labute approximate surface area is 209 Å². The SMILES string of the molecule is CC(C)c1ccc(F)c(-c2cc(Nc3ccc(N4[C@H](C)COC[C@H]4C)cn3)c3c(=O)[nH]ccc3n2)c1. The molecule has 186 valence electrons. The first-order valence-electron chi connectivity index (χ1n) is 12.2. The van der Waals surface area contributed by atoms with Crippen LogP contribution in [0.4, 0.5) is 21.6 Å². The number of H-pyrrole nitrogens is 1. The Bertz CT molecular complexity index is 1440. The van der Waals surface area contributed by atoms with E-state index in [1.165, 1.54) is 6.07 Å². The number of morpholine rings is 1. The van der Waals surface area contributed by atoms with Crippen LogP contribution < -0.4 is 15.8 Å². The fourth-order valence-corrected chi connectivity index (χ4v) is 4.79. The van der Waals surface area contributed by atoms with Gasteiger partial charge in [-0.2, -0.15) is 0 Å². The molecule has 0 bridgehead atoms. The summed E-state index contributed by atoms with van der Waals surface area (Å²) in [5.41, 5.74) is 3.57. The van der Waals surface area contributed by atoms with Gasteiger partial charge in [0.05, 0.1) is 47.4 Å². The zero-order valence-electron chi connectivity index (χ0n) is 20.9. The van der Waals surface area contributed by atoms with Gasteiger partial charge in [-0.3, -0.25) is 4.79 Å². The summed E-state index contributed by atoms with van der Waals surface area (Å²) in [6, 6.07) is 12.9. The van der Waals surface area contributed by atoms with Gasteiger partial charge < -0.3 is 19.9 Å². The second kappa shape index (κ2) is 9.70. The van der Waals surface area contributed by atoms with Crippen molar-refractivity contribution in [3.63, 3.8) is 0 Å². The van der Waals surface area contributed by atoms with Crippen molar-refractivity contribution in [3.05, 3.63) is 76.6 Å². The van der Waals surface area contributed by atoms with E-state index in [1.54, 1.807) is 24.4 Å². The third kappa shape index (κ3) is 4.56. The van der Waals surface area contributed by atoms with Crippen molar-refractivity contribution in [2.45, 2.75) is 45.7 Å². The van der Waals surface area contributed by atoms with Gasteiger partial charge in [0.15, 0.2) is 0 Å². The first kappa shape index (κ1) is 23.9. The number of aromatic nitrogens is 3. The second-order valence-corrected chi connectivity index (χ2v) is 9.69. The van der Waals surface area contributed by atoms with Crippen LogP contribution in [0.5, 0.6) is 0 Å². The summed E-state index contributed by atoms with van der Waals surface area (Å²) in [4.78, 5) is 27.0. The maximum Gasteiger partial charge on any atom is 0.259 e. The Morgan fingerprint density at radius 1 is 1.11 bits per heavy atom. The highest BCUT2D eigenvalue weighted by Gasteiger charge is 2.25. The molecule has 8 heteroatoms. The van der Waals surface area contributed by atoms with Gasteiger partial charge >= 0.3 is 0 Å². The molecule has 36 heavy (non-hydrogen) atoms. The number of nitrogens with one attached hydrogen (secondary N) is 2. The smallest absolute Gasteiger partial charge is 0.259 e. The average molecular weight is 488 g/mol. The number of nitrogens with zero attached hydrogens (tertiary/aromatic N) is 3. The molecule has 0 saturated carbocycles. The van der Waals surface area contributed by atoms with Crippen molar-refractivity contribution >= 4 is 28.1 Å². The van der Waals surface area contributed by atoms with E-state index in [0.29, 0.717) is 46.9 Å². The van der Waals surface area contributed by atoms with Crippen LogP contribution >= 0.6 is 0 Å². The van der Waals surface area contributed by atoms with Crippen LogP contribution in [0.1, 0.15) is 39.2 Å². The predicted molar refractivity (Wildman–Crippen MR) is 142 cm³/mol. The molecular formula is C28H30FN5O2. The number of rotatable bonds is 5. The molecule has 0 unspecified atom stereocenters. The topological polar surface area (TPSA) is 83.1 Å². The van der Waals surface area contributed by atoms with E-state index in [4.69, 9.17) is 4.74 Å². The van der Waals surface area contributed by atoms with Gasteiger partial charge in [-0.1, -0.05) is 19.9 Å². The van der Waals surface area contributed by atoms with E-state index in [-0.39, 0.29) is 29.4 Å². The van der Waals surface area contributed by atoms with Crippen molar-refractivity contribution < 1.29 is 9.13 Å². The predicted octanol–water partition coefficient (Wildman–Crippen LogP) is 5.60. The molecule has 2 N–H and O–H groups in total. The highest BCUT2D eigenvalue weighted by molar-refractivity contribution is 5.94. The summed E-state index contributed by atoms with van der Waals surface area (Å²) in [6.07, 6.45) is 3.37. The van der Waals surface area contributed by atoms with Crippen LogP contribution in [0.15, 0.2) is 59.7 Å². The van der Waals surface area contributed by atoms with Crippen molar-refractivity contribution in [1.82, 2.24) is 15.0 Å². The van der Waals surface area contributed by atoms with Gasteiger partial charge in [0, 0.05) is 23.8 Å². The van der Waals surface area contributed by atoms with Crippen molar-refractivity contribution in [1.29, 1.82) is 0 Å². The molecule has 1 aromatic carbocycles. The molecule has 0 spiro atoms. The molecule has 5 rings (SSSR count). The van der Waals surface area contributed by atoms with Gasteiger partial charge in [-0.15, -0.1) is 0 Å². The molecule has 1 fully saturated rings. The monoisotopic (exact) mass is 487 g/mol. The molecule has 0 radical (unpaired) electrons. The molecule has 7 nitrogen and oxygen atoms in total. The molecule has 4 heterocycles. The number of pyridine rings is 3. The van der Waals surface area contributed by atoms with Gasteiger partial charge in [0.25, 0.3) is 5.56 Å². The van der Waals surface area contributed by atoms with E-state index in [9.17, 15) is 9.18 Å². The summed E-state index contributed by atoms with van der Waals surface area (Å²) >= 11 is 0. The molecule has 0 amide bonds. The molecule has 1 saturated heterocycles. The van der Waals surface area contributed by atoms with Gasteiger partial charge in [-0.05, 0) is 61.7 Å². The molecular weight excluding hydrogens is 457 g/mol. The lowest BCUT2D eigenvalue weighted by Crippen LogP contribution is -2.49. The standard InChI is InChI=1S/C28H30FN5O2/c1-16(2)19-5-7-22(29)21(11-19)24-12-25(27-23(32-24)9-10-30-28(27)35)33-26-8-6-20(13-31-26)34-17(3)14-36-15-18(34)4/h5-13,16-18H,14-15H2,1-4H3,(H,30,35)(H,31,32,33)/t17-,18-/m1/s1. The minimum Gasteiger partial charge on any atom is -0.377 e. The Morgan fingerprint density at radius 3 is 2.58 bits per heavy atom. The highest BCUT2D eigenvalue weighted by atomic mass is 19.1. The Balaban J connectivity index is 1.55. The quantitative estimate of drug-likeness (QED) is 0.381. The van der Waals surface area contributed by atoms with E-state index in [2.05, 4.69) is 52.9 Å². The molecule has 1 aliphatic rings. The number of hydrogen-bond acceptors (Lipinski definition) is 6. The average Bonchev–Trinajstić information content (AvgIpc) is 2.85. The second-order valence-electron chi connectivity index (χ2n) is 9.69. The molecule has 2 atom stereocenters. The molecule has 4 aromatic rings. The van der Waals surface area contributed by atoms with Gasteiger partial charge in [-0.25, -0.2) is 14.4 Å². The first-order chi connectivity index (χ1) is 17.3. The van der Waals surface area contributed by atoms with E-state index >= 15 is 0 Å². The normalized spacial score (nSPS) is 18.1. The molecule has 1 aliphatic heterocycles. The fourth-order valence-electron chi connectivity index (χ4n) is 4.79. The maximum atomic E-state index is 14.9. The van der Waals surface area contributed by atoms with E-state index < -0.39 is 0 Å². The first-order valence-corrected chi connectivity index (χ1v) is 12.2. The lowest BCUT2D eigenvalue weighted by Gasteiger charge is -2.40. The van der Waals surface area contributed by atoms with Crippen molar-refractivity contribution in [2.24, 2.45) is 0 Å². The summed E-state index contributed by atoms with van der Waals surface area (Å²) < 4.78 is 20.5. The number of benzene rings is 1. The Kier molecular flexibility index (Phi) is 6.45. The summed E-state index contributed by atoms with van der Waals surface area (Å²) in [7, 11) is 0. The number of hydrogen-bond donors (Lipinski definition) is 2. The van der Waals surface area contributed by atoms with E-state index in [0.717, 1.165) is 11.3 Å². The summed E-state index contributed by atoms with van der Waals surface area (Å²) in [5.74, 6) is 0.452. The van der Waals surface area contributed by atoms with Crippen LogP contribution in [-0.2, 0) is 4.74 Å².